The molecular weight excluding hydrogens is 138 g/mol. The average Bonchev–Trinajstić information content (AvgIpc) is 1.60. The summed E-state index contributed by atoms with van der Waals surface area (Å²) in [7, 11) is 0. The zero-order valence-corrected chi connectivity index (χ0v) is 7.49. The first-order chi connectivity index (χ1) is 4.36. The van der Waals surface area contributed by atoms with Crippen molar-refractivity contribution in [3.63, 3.8) is 0 Å². The Kier molecular flexibility index (Phi) is 5.41. The summed E-state index contributed by atoms with van der Waals surface area (Å²) in [4.78, 5) is 10.9. The maximum atomic E-state index is 10.9. The van der Waals surface area contributed by atoms with Crippen LogP contribution >= 0.6 is 0 Å². The Morgan fingerprint density at radius 3 is 1.82 bits per heavy atom. The quantitative estimate of drug-likeness (QED) is 0.682. The molecule has 0 aliphatic carbocycles. The maximum absolute atomic E-state index is 10.9. The summed E-state index contributed by atoms with van der Waals surface area (Å²) in [5, 5.41) is 3.17. The number of rotatable bonds is 3. The van der Waals surface area contributed by atoms with Crippen molar-refractivity contribution < 1.29 is 4.79 Å². The molecule has 0 aliphatic rings. The minimum Gasteiger partial charge on any atom is -0.303 e. The van der Waals surface area contributed by atoms with Crippen LogP contribution < -0.4 is 5.32 Å². The number of hydrogen-bond acceptors (Lipinski definition) is 2. The molecule has 0 aromatic rings. The van der Waals surface area contributed by atoms with Crippen LogP contribution in [0.15, 0.2) is 0 Å². The minimum atomic E-state index is -0.367. The monoisotopic (exact) mass is 159 g/mol. The van der Waals surface area contributed by atoms with Crippen LogP contribution in [0.4, 0.5) is 0 Å². The van der Waals surface area contributed by atoms with Gasteiger partial charge >= 0.3 is 0 Å². The van der Waals surface area contributed by atoms with Gasteiger partial charge in [0.2, 0.25) is 0 Å². The zero-order valence-electron chi connectivity index (χ0n) is 7.49. The minimum absolute atomic E-state index is 0. The molecule has 2 nitrogen and oxygen atoms in total. The Balaban J connectivity index is 0. The van der Waals surface area contributed by atoms with Crippen LogP contribution in [0.1, 0.15) is 42.0 Å². The molecule has 0 saturated heterocycles. The molecule has 68 valence electrons. The van der Waals surface area contributed by atoms with Crippen molar-refractivity contribution in [3.05, 3.63) is 0 Å². The molecule has 11 heavy (non-hydrogen) atoms. The Morgan fingerprint density at radius 1 is 1.36 bits per heavy atom. The Bertz CT molecular complexity index is 128. The molecule has 0 spiro atoms. The molecule has 0 atom stereocenters. The molecule has 0 aromatic carbocycles. The van der Waals surface area contributed by atoms with Gasteiger partial charge in [0, 0.05) is 6.04 Å². The van der Waals surface area contributed by atoms with Gasteiger partial charge in [0.05, 0.1) is 5.54 Å². The van der Waals surface area contributed by atoms with E-state index in [0.29, 0.717) is 6.04 Å². The van der Waals surface area contributed by atoms with Crippen LogP contribution in [0.3, 0.4) is 0 Å². The first-order valence-corrected chi connectivity index (χ1v) is 3.65. The van der Waals surface area contributed by atoms with Gasteiger partial charge < -0.3 is 5.32 Å². The fraction of sp³-hybridized carbons (Fsp3) is 0.889. The van der Waals surface area contributed by atoms with E-state index in [0.717, 1.165) is 0 Å². The molecule has 0 fully saturated rings. The lowest BCUT2D eigenvalue weighted by molar-refractivity contribution is -0.122. The van der Waals surface area contributed by atoms with Gasteiger partial charge in [-0.2, -0.15) is 0 Å². The van der Waals surface area contributed by atoms with Crippen molar-refractivity contribution in [1.82, 2.24) is 5.32 Å². The van der Waals surface area contributed by atoms with Crippen LogP contribution in [-0.2, 0) is 4.79 Å². The molecule has 0 saturated carbocycles. The Hall–Kier alpha value is -0.370. The smallest absolute Gasteiger partial charge is 0.149 e. The predicted octanol–water partition coefficient (Wildman–Crippen LogP) is 1.99. The van der Waals surface area contributed by atoms with Gasteiger partial charge in [-0.3, -0.25) is 4.79 Å². The van der Waals surface area contributed by atoms with Gasteiger partial charge in [-0.1, -0.05) is 7.43 Å². The largest absolute Gasteiger partial charge is 0.303 e. The third-order valence-corrected chi connectivity index (χ3v) is 1.53. The number of carbonyl (C=O) groups excluding carboxylic acids is 1. The summed E-state index contributed by atoms with van der Waals surface area (Å²) in [6.45, 7) is 9.47. The Morgan fingerprint density at radius 2 is 1.73 bits per heavy atom. The van der Waals surface area contributed by atoms with E-state index in [2.05, 4.69) is 5.32 Å². The van der Waals surface area contributed by atoms with E-state index in [1.165, 1.54) is 0 Å². The lowest BCUT2D eigenvalue weighted by Gasteiger charge is -2.25. The lowest BCUT2D eigenvalue weighted by Crippen LogP contribution is -2.48. The van der Waals surface area contributed by atoms with E-state index in [1.54, 1.807) is 6.92 Å². The van der Waals surface area contributed by atoms with Crippen LogP contribution in [0.5, 0.6) is 0 Å². The van der Waals surface area contributed by atoms with Gasteiger partial charge in [-0.05, 0) is 34.6 Å². The first-order valence-electron chi connectivity index (χ1n) is 3.65. The highest BCUT2D eigenvalue weighted by atomic mass is 16.1. The highest BCUT2D eigenvalue weighted by Gasteiger charge is 2.23. The van der Waals surface area contributed by atoms with Crippen molar-refractivity contribution >= 4 is 5.78 Å². The fourth-order valence-corrected chi connectivity index (χ4v) is 0.823. The van der Waals surface area contributed by atoms with Crippen molar-refractivity contribution in [2.45, 2.75) is 53.6 Å². The average molecular weight is 159 g/mol. The van der Waals surface area contributed by atoms with Crippen LogP contribution in [0.25, 0.3) is 0 Å². The van der Waals surface area contributed by atoms with E-state index < -0.39 is 0 Å². The second-order valence-electron chi connectivity index (χ2n) is 3.48. The molecular formula is C9H21NO. The molecule has 0 heterocycles. The van der Waals surface area contributed by atoms with Gasteiger partial charge in [0.1, 0.15) is 5.78 Å². The molecule has 0 rings (SSSR count). The zero-order chi connectivity index (χ0) is 8.36. The summed E-state index contributed by atoms with van der Waals surface area (Å²) in [6.07, 6.45) is 0. The molecule has 1 N–H and O–H groups in total. The summed E-state index contributed by atoms with van der Waals surface area (Å²) in [5.74, 6) is 0.182. The second kappa shape index (κ2) is 4.50. The molecule has 0 aliphatic heterocycles. The molecule has 0 aromatic heterocycles. The summed E-state index contributed by atoms with van der Waals surface area (Å²) in [6, 6.07) is 0.360. The number of nitrogens with one attached hydrogen (secondary N) is 1. The fourth-order valence-electron chi connectivity index (χ4n) is 0.823. The number of Topliss-reactive ketones (excluding diaryl/α,β-unsaturated/α-hetero) is 1. The van der Waals surface area contributed by atoms with E-state index in [1.807, 2.05) is 27.7 Å². The number of carbonyl (C=O) groups is 1. The molecule has 0 bridgehead atoms. The second-order valence-corrected chi connectivity index (χ2v) is 3.48. The molecule has 0 radical (unpaired) electrons. The third kappa shape index (κ3) is 4.96. The number of hydrogen-bond donors (Lipinski definition) is 1. The lowest BCUT2D eigenvalue weighted by atomic mass is 10.00. The van der Waals surface area contributed by atoms with Crippen molar-refractivity contribution in [1.29, 1.82) is 0 Å². The highest BCUT2D eigenvalue weighted by Crippen LogP contribution is 2.04. The van der Waals surface area contributed by atoms with Crippen LogP contribution in [-0.4, -0.2) is 17.4 Å². The molecule has 0 unspecified atom stereocenters. The van der Waals surface area contributed by atoms with E-state index >= 15 is 0 Å². The SMILES string of the molecule is C.CC(=O)C(C)(C)NC(C)C. The summed E-state index contributed by atoms with van der Waals surface area (Å²) >= 11 is 0. The standard InChI is InChI=1S/C8H17NO.CH4/c1-6(2)9-8(4,5)7(3)10;/h6,9H,1-5H3;1H4. The Labute approximate surface area is 70.4 Å². The summed E-state index contributed by atoms with van der Waals surface area (Å²) in [5.41, 5.74) is -0.367. The van der Waals surface area contributed by atoms with Crippen molar-refractivity contribution in [2.24, 2.45) is 0 Å². The van der Waals surface area contributed by atoms with Crippen LogP contribution in [0.2, 0.25) is 0 Å². The predicted molar refractivity (Wildman–Crippen MR) is 49.8 cm³/mol. The molecule has 2 heteroatoms. The van der Waals surface area contributed by atoms with Gasteiger partial charge in [0.25, 0.3) is 0 Å². The highest BCUT2D eigenvalue weighted by molar-refractivity contribution is 5.85. The number of ketones is 1. The van der Waals surface area contributed by atoms with E-state index in [4.69, 9.17) is 0 Å². The van der Waals surface area contributed by atoms with Crippen LogP contribution in [0, 0.1) is 0 Å². The third-order valence-electron chi connectivity index (χ3n) is 1.53. The van der Waals surface area contributed by atoms with E-state index in [-0.39, 0.29) is 18.7 Å². The van der Waals surface area contributed by atoms with Gasteiger partial charge in [-0.25, -0.2) is 0 Å². The first kappa shape index (κ1) is 13.2. The van der Waals surface area contributed by atoms with E-state index in [9.17, 15) is 4.79 Å². The van der Waals surface area contributed by atoms with Crippen molar-refractivity contribution in [2.75, 3.05) is 0 Å². The normalized spacial score (nSPS) is 11.1. The van der Waals surface area contributed by atoms with Gasteiger partial charge in [0.15, 0.2) is 0 Å². The maximum Gasteiger partial charge on any atom is 0.149 e. The summed E-state index contributed by atoms with van der Waals surface area (Å²) < 4.78 is 0. The topological polar surface area (TPSA) is 29.1 Å². The molecule has 0 amide bonds. The van der Waals surface area contributed by atoms with Gasteiger partial charge in [-0.15, -0.1) is 0 Å². The van der Waals surface area contributed by atoms with Crippen molar-refractivity contribution in [3.8, 4) is 0 Å².